The van der Waals surface area contributed by atoms with Crippen molar-refractivity contribution >= 4 is 17.3 Å². The van der Waals surface area contributed by atoms with E-state index in [1.165, 1.54) is 6.42 Å². The van der Waals surface area contributed by atoms with Crippen LogP contribution in [0.25, 0.3) is 0 Å². The van der Waals surface area contributed by atoms with Crippen molar-refractivity contribution in [2.45, 2.75) is 19.3 Å². The van der Waals surface area contributed by atoms with Crippen LogP contribution in [0.4, 0.5) is 11.4 Å². The molecule has 1 heterocycles. The van der Waals surface area contributed by atoms with Gasteiger partial charge in [0.25, 0.3) is 5.91 Å². The third kappa shape index (κ3) is 3.24. The van der Waals surface area contributed by atoms with Gasteiger partial charge in [-0.25, -0.2) is 0 Å². The smallest absolute Gasteiger partial charge is 0.255 e. The first-order valence-corrected chi connectivity index (χ1v) is 7.55. The number of anilines is 2. The third-order valence-electron chi connectivity index (χ3n) is 3.85. The maximum absolute atomic E-state index is 12.7. The van der Waals surface area contributed by atoms with Gasteiger partial charge in [-0.1, -0.05) is 30.3 Å². The minimum Gasteiger partial charge on any atom is -0.355 e. The Kier molecular flexibility index (Phi) is 4.20. The first-order chi connectivity index (χ1) is 10.3. The molecule has 21 heavy (non-hydrogen) atoms. The van der Waals surface area contributed by atoms with E-state index in [-0.39, 0.29) is 5.91 Å². The molecule has 3 rings (SSSR count). The van der Waals surface area contributed by atoms with Gasteiger partial charge in [-0.05, 0) is 43.5 Å². The number of likely N-dealkylation sites (tertiary alicyclic amines) is 1. The highest BCUT2D eigenvalue weighted by Crippen LogP contribution is 2.23. The molecule has 1 amide bonds. The summed E-state index contributed by atoms with van der Waals surface area (Å²) < 4.78 is 0. The molecule has 0 atom stereocenters. The highest BCUT2D eigenvalue weighted by atomic mass is 16.2. The van der Waals surface area contributed by atoms with E-state index < -0.39 is 0 Å². The summed E-state index contributed by atoms with van der Waals surface area (Å²) in [5.41, 5.74) is 2.62. The van der Waals surface area contributed by atoms with Gasteiger partial charge in [0, 0.05) is 18.8 Å². The Morgan fingerprint density at radius 1 is 0.857 bits per heavy atom. The van der Waals surface area contributed by atoms with E-state index in [9.17, 15) is 4.79 Å². The van der Waals surface area contributed by atoms with Crippen molar-refractivity contribution in [2.75, 3.05) is 18.4 Å². The van der Waals surface area contributed by atoms with Crippen molar-refractivity contribution in [2.24, 2.45) is 0 Å². The van der Waals surface area contributed by atoms with Crippen molar-refractivity contribution in [3.8, 4) is 0 Å². The predicted octanol–water partition coefficient (Wildman–Crippen LogP) is 4.06. The number of carbonyl (C=O) groups is 1. The Morgan fingerprint density at radius 3 is 2.29 bits per heavy atom. The highest BCUT2D eigenvalue weighted by molar-refractivity contribution is 6.00. The lowest BCUT2D eigenvalue weighted by Gasteiger charge is -2.27. The van der Waals surface area contributed by atoms with Gasteiger partial charge >= 0.3 is 0 Å². The summed E-state index contributed by atoms with van der Waals surface area (Å²) >= 11 is 0. The first-order valence-electron chi connectivity index (χ1n) is 7.55. The Morgan fingerprint density at radius 2 is 1.52 bits per heavy atom. The second-order valence-corrected chi connectivity index (χ2v) is 5.39. The molecule has 0 aromatic heterocycles. The Labute approximate surface area is 125 Å². The number of nitrogens with one attached hydrogen (secondary N) is 1. The fraction of sp³-hybridized carbons (Fsp3) is 0.278. The maximum Gasteiger partial charge on any atom is 0.255 e. The summed E-state index contributed by atoms with van der Waals surface area (Å²) in [5, 5.41) is 3.35. The van der Waals surface area contributed by atoms with Crippen LogP contribution in [0, 0.1) is 0 Å². The SMILES string of the molecule is O=C(c1ccccc1Nc1ccccc1)N1CCCCC1. The van der Waals surface area contributed by atoms with Crippen LogP contribution in [0.1, 0.15) is 29.6 Å². The molecule has 2 aromatic carbocycles. The van der Waals surface area contributed by atoms with Crippen LogP contribution in [-0.2, 0) is 0 Å². The number of para-hydroxylation sites is 2. The molecule has 1 fully saturated rings. The minimum atomic E-state index is 0.133. The number of piperidine rings is 1. The van der Waals surface area contributed by atoms with E-state index in [0.29, 0.717) is 0 Å². The predicted molar refractivity (Wildman–Crippen MR) is 85.9 cm³/mol. The number of nitrogens with zero attached hydrogens (tertiary/aromatic N) is 1. The Bertz CT molecular complexity index is 604. The molecule has 108 valence electrons. The molecular formula is C18H20N2O. The lowest BCUT2D eigenvalue weighted by molar-refractivity contribution is 0.0725. The fourth-order valence-corrected chi connectivity index (χ4v) is 2.72. The largest absolute Gasteiger partial charge is 0.355 e. The zero-order valence-corrected chi connectivity index (χ0v) is 12.1. The molecule has 1 aliphatic heterocycles. The quantitative estimate of drug-likeness (QED) is 0.919. The second kappa shape index (κ2) is 6.44. The summed E-state index contributed by atoms with van der Waals surface area (Å²) in [4.78, 5) is 14.7. The second-order valence-electron chi connectivity index (χ2n) is 5.39. The lowest BCUT2D eigenvalue weighted by Crippen LogP contribution is -2.35. The number of amides is 1. The number of benzene rings is 2. The highest BCUT2D eigenvalue weighted by Gasteiger charge is 2.20. The zero-order valence-electron chi connectivity index (χ0n) is 12.1. The molecule has 2 aromatic rings. The summed E-state index contributed by atoms with van der Waals surface area (Å²) in [6.45, 7) is 1.75. The summed E-state index contributed by atoms with van der Waals surface area (Å²) in [5.74, 6) is 0.133. The lowest BCUT2D eigenvalue weighted by atomic mass is 10.1. The molecule has 1 aliphatic rings. The van der Waals surface area contributed by atoms with Crippen LogP contribution in [0.2, 0.25) is 0 Å². The summed E-state index contributed by atoms with van der Waals surface area (Å²) in [6, 6.07) is 17.7. The fourth-order valence-electron chi connectivity index (χ4n) is 2.72. The minimum absolute atomic E-state index is 0.133. The van der Waals surface area contributed by atoms with Crippen LogP contribution < -0.4 is 5.32 Å². The van der Waals surface area contributed by atoms with Crippen LogP contribution in [0.5, 0.6) is 0 Å². The number of carbonyl (C=O) groups excluding carboxylic acids is 1. The number of hydrogen-bond acceptors (Lipinski definition) is 2. The van der Waals surface area contributed by atoms with Crippen molar-refractivity contribution in [1.29, 1.82) is 0 Å². The van der Waals surface area contributed by atoms with Crippen molar-refractivity contribution < 1.29 is 4.79 Å². The van der Waals surface area contributed by atoms with Crippen molar-refractivity contribution in [3.05, 3.63) is 60.2 Å². The normalized spacial score (nSPS) is 14.8. The molecule has 0 saturated carbocycles. The van der Waals surface area contributed by atoms with Crippen LogP contribution in [0.3, 0.4) is 0 Å². The average molecular weight is 280 g/mol. The molecule has 3 nitrogen and oxygen atoms in total. The standard InChI is InChI=1S/C18H20N2O/c21-18(20-13-7-2-8-14-20)16-11-5-6-12-17(16)19-15-9-3-1-4-10-15/h1,3-6,9-12,19H,2,7-8,13-14H2. The zero-order chi connectivity index (χ0) is 14.5. The Balaban J connectivity index is 1.83. The maximum atomic E-state index is 12.7. The van der Waals surface area contributed by atoms with Gasteiger partial charge in [-0.2, -0.15) is 0 Å². The first kappa shape index (κ1) is 13.7. The van der Waals surface area contributed by atoms with E-state index in [0.717, 1.165) is 42.9 Å². The number of hydrogen-bond donors (Lipinski definition) is 1. The van der Waals surface area contributed by atoms with Gasteiger partial charge < -0.3 is 10.2 Å². The molecule has 0 unspecified atom stereocenters. The third-order valence-corrected chi connectivity index (χ3v) is 3.85. The van der Waals surface area contributed by atoms with Gasteiger partial charge in [0.05, 0.1) is 11.3 Å². The van der Waals surface area contributed by atoms with Crippen molar-refractivity contribution in [3.63, 3.8) is 0 Å². The van der Waals surface area contributed by atoms with E-state index in [1.54, 1.807) is 0 Å². The average Bonchev–Trinajstić information content (AvgIpc) is 2.56. The van der Waals surface area contributed by atoms with E-state index >= 15 is 0 Å². The topological polar surface area (TPSA) is 32.3 Å². The molecular weight excluding hydrogens is 260 g/mol. The van der Waals surface area contributed by atoms with Gasteiger partial charge in [0.15, 0.2) is 0 Å². The van der Waals surface area contributed by atoms with E-state index in [4.69, 9.17) is 0 Å². The molecule has 0 spiro atoms. The van der Waals surface area contributed by atoms with E-state index in [1.807, 2.05) is 59.5 Å². The van der Waals surface area contributed by atoms with Crippen molar-refractivity contribution in [1.82, 2.24) is 4.90 Å². The molecule has 1 saturated heterocycles. The van der Waals surface area contributed by atoms with Crippen LogP contribution >= 0.6 is 0 Å². The molecule has 3 heteroatoms. The monoisotopic (exact) mass is 280 g/mol. The molecule has 1 N–H and O–H groups in total. The molecule has 0 aliphatic carbocycles. The van der Waals surface area contributed by atoms with Gasteiger partial charge in [0.2, 0.25) is 0 Å². The van der Waals surface area contributed by atoms with Crippen LogP contribution in [-0.4, -0.2) is 23.9 Å². The molecule has 0 radical (unpaired) electrons. The van der Waals surface area contributed by atoms with E-state index in [2.05, 4.69) is 5.32 Å². The van der Waals surface area contributed by atoms with Gasteiger partial charge in [0.1, 0.15) is 0 Å². The summed E-state index contributed by atoms with van der Waals surface area (Å²) in [6.07, 6.45) is 3.45. The summed E-state index contributed by atoms with van der Waals surface area (Å²) in [7, 11) is 0. The van der Waals surface area contributed by atoms with Gasteiger partial charge in [-0.15, -0.1) is 0 Å². The Hall–Kier alpha value is -2.29. The van der Waals surface area contributed by atoms with Gasteiger partial charge in [-0.3, -0.25) is 4.79 Å². The molecule has 0 bridgehead atoms. The number of rotatable bonds is 3. The van der Waals surface area contributed by atoms with Crippen LogP contribution in [0.15, 0.2) is 54.6 Å².